The Bertz CT molecular complexity index is 2900. The maximum Gasteiger partial charge on any atom is 0.251 e. The maximum absolute atomic E-state index is 13.3. The van der Waals surface area contributed by atoms with E-state index in [0.29, 0.717) is 92.0 Å². The third-order valence-electron chi connectivity index (χ3n) is 9.90. The van der Waals surface area contributed by atoms with E-state index in [1.165, 1.54) is 0 Å². The molecule has 9 rings (SSSR count). The van der Waals surface area contributed by atoms with Crippen molar-refractivity contribution in [1.29, 1.82) is 0 Å². The molecule has 1 unspecified atom stereocenters. The van der Waals surface area contributed by atoms with Crippen LogP contribution in [-0.2, 0) is 6.42 Å². The van der Waals surface area contributed by atoms with Gasteiger partial charge in [0.25, 0.3) is 11.8 Å². The Morgan fingerprint density at radius 2 is 1.12 bits per heavy atom. The Labute approximate surface area is 332 Å². The first-order valence-electron chi connectivity index (χ1n) is 18.9. The van der Waals surface area contributed by atoms with Crippen LogP contribution in [-0.4, -0.2) is 44.3 Å². The number of hydrogen-bond donors (Lipinski definition) is 2. The van der Waals surface area contributed by atoms with Gasteiger partial charge in [-0.05, 0) is 110 Å². The van der Waals surface area contributed by atoms with Crippen LogP contribution < -0.4 is 10.6 Å². The van der Waals surface area contributed by atoms with Crippen molar-refractivity contribution in [2.24, 2.45) is 0 Å². The smallest absolute Gasteiger partial charge is 0.251 e. The monoisotopic (exact) mass is 768 g/mol. The number of carbonyl (C=O) groups is 2. The Hall–Kier alpha value is -7.60. The van der Waals surface area contributed by atoms with Crippen LogP contribution >= 0.6 is 0 Å². The van der Waals surface area contributed by atoms with Crippen molar-refractivity contribution in [3.05, 3.63) is 145 Å². The van der Waals surface area contributed by atoms with Gasteiger partial charge in [0.2, 0.25) is 0 Å². The van der Waals surface area contributed by atoms with Crippen LogP contribution in [0, 0.1) is 0 Å². The molecule has 0 bridgehead atoms. The largest absolute Gasteiger partial charge is 0.463 e. The second-order valence-electron chi connectivity index (χ2n) is 13.9. The normalized spacial score (nSPS) is 11.9. The van der Waals surface area contributed by atoms with Gasteiger partial charge < -0.3 is 28.3 Å². The molecule has 9 aromatic rings. The number of fused-ring (bicyclic) bond motifs is 2. The number of aromatic nitrogens is 4. The lowest BCUT2D eigenvalue weighted by molar-refractivity contribution is 0.0935. The average molecular weight is 769 g/mol. The fraction of sp³-hybridized carbons (Fsp3) is 0.130. The summed E-state index contributed by atoms with van der Waals surface area (Å²) in [5.74, 6) is 1.77. The molecule has 286 valence electrons. The van der Waals surface area contributed by atoms with E-state index in [1.54, 1.807) is 79.6 Å². The lowest BCUT2D eigenvalue weighted by atomic mass is 10.0. The summed E-state index contributed by atoms with van der Waals surface area (Å²) in [6.45, 7) is 4.41. The van der Waals surface area contributed by atoms with Gasteiger partial charge >= 0.3 is 0 Å². The number of nitrogens with zero attached hydrogens (tertiary/aromatic N) is 4. The fourth-order valence-corrected chi connectivity index (χ4v) is 6.67. The third kappa shape index (κ3) is 7.26. The van der Waals surface area contributed by atoms with Gasteiger partial charge in [0.1, 0.15) is 22.8 Å². The van der Waals surface area contributed by atoms with Crippen LogP contribution in [0.5, 0.6) is 0 Å². The molecule has 2 N–H and O–H groups in total. The van der Waals surface area contributed by atoms with Crippen molar-refractivity contribution in [1.82, 2.24) is 30.6 Å². The van der Waals surface area contributed by atoms with Gasteiger partial charge in [-0.25, -0.2) is 19.9 Å². The van der Waals surface area contributed by atoms with Crippen molar-refractivity contribution in [3.63, 3.8) is 0 Å². The summed E-state index contributed by atoms with van der Waals surface area (Å²) in [6.07, 6.45) is 7.86. The summed E-state index contributed by atoms with van der Waals surface area (Å²) >= 11 is 0. The average Bonchev–Trinajstić information content (AvgIpc) is 4.11. The van der Waals surface area contributed by atoms with Crippen LogP contribution in [0.2, 0.25) is 0 Å². The molecule has 58 heavy (non-hydrogen) atoms. The second kappa shape index (κ2) is 15.5. The zero-order valence-corrected chi connectivity index (χ0v) is 31.6. The highest BCUT2D eigenvalue weighted by Crippen LogP contribution is 2.36. The van der Waals surface area contributed by atoms with Gasteiger partial charge in [0.15, 0.2) is 23.0 Å². The molecule has 0 saturated carbocycles. The van der Waals surface area contributed by atoms with Crippen molar-refractivity contribution in [3.8, 4) is 56.9 Å². The van der Waals surface area contributed by atoms with Gasteiger partial charge in [0.05, 0.1) is 47.1 Å². The number of rotatable bonds is 12. The van der Waals surface area contributed by atoms with Gasteiger partial charge in [0, 0.05) is 29.3 Å². The lowest BCUT2D eigenvalue weighted by Crippen LogP contribution is -2.31. The molecule has 12 nitrogen and oxygen atoms in total. The van der Waals surface area contributed by atoms with E-state index in [4.69, 9.17) is 37.6 Å². The van der Waals surface area contributed by atoms with Gasteiger partial charge in [-0.3, -0.25) is 9.59 Å². The second-order valence-corrected chi connectivity index (χ2v) is 13.9. The molecular formula is C46H36N6O6. The summed E-state index contributed by atoms with van der Waals surface area (Å²) < 4.78 is 23.1. The molecule has 1 atom stereocenters. The maximum atomic E-state index is 13.3. The molecule has 12 heteroatoms. The topological polar surface area (TPSA) is 162 Å². The van der Waals surface area contributed by atoms with E-state index in [1.807, 2.05) is 56.3 Å². The minimum Gasteiger partial charge on any atom is -0.463 e. The highest BCUT2D eigenvalue weighted by molar-refractivity contribution is 5.99. The molecule has 0 radical (unpaired) electrons. The molecule has 0 fully saturated rings. The SMILES string of the molecule is CCC(C)NC(=O)c1ccc2nc(-c3cc(-c4cccc(CCNC(=O)c5ccc6nc(-c7ccco7)c(-c7ccco7)nc6c5)c4)co3)c(-c3ccco3)nc2c1. The van der Waals surface area contributed by atoms with Crippen LogP contribution in [0.4, 0.5) is 0 Å². The van der Waals surface area contributed by atoms with Gasteiger partial charge in [-0.2, -0.15) is 0 Å². The molecule has 0 aliphatic carbocycles. The van der Waals surface area contributed by atoms with Crippen LogP contribution in [0.15, 0.2) is 146 Å². The fourth-order valence-electron chi connectivity index (χ4n) is 6.67. The summed E-state index contributed by atoms with van der Waals surface area (Å²) in [7, 11) is 0. The Kier molecular flexibility index (Phi) is 9.64. The van der Waals surface area contributed by atoms with E-state index >= 15 is 0 Å². The molecule has 0 aliphatic heterocycles. The summed E-state index contributed by atoms with van der Waals surface area (Å²) in [5, 5.41) is 6.04. The number of benzene rings is 3. The predicted octanol–water partition coefficient (Wildman–Crippen LogP) is 9.78. The van der Waals surface area contributed by atoms with E-state index in [2.05, 4.69) is 16.7 Å². The van der Waals surface area contributed by atoms with E-state index in [0.717, 1.165) is 23.1 Å². The first-order valence-corrected chi connectivity index (χ1v) is 18.9. The predicted molar refractivity (Wildman–Crippen MR) is 219 cm³/mol. The minimum absolute atomic E-state index is 0.0507. The Balaban J connectivity index is 0.913. The number of nitrogens with one attached hydrogen (secondary N) is 2. The van der Waals surface area contributed by atoms with Crippen molar-refractivity contribution >= 4 is 33.9 Å². The molecule has 0 spiro atoms. The molecule has 2 amide bonds. The highest BCUT2D eigenvalue weighted by Gasteiger charge is 2.21. The van der Waals surface area contributed by atoms with Crippen molar-refractivity contribution in [2.75, 3.05) is 6.54 Å². The third-order valence-corrected chi connectivity index (χ3v) is 9.90. The van der Waals surface area contributed by atoms with Gasteiger partial charge in [-0.1, -0.05) is 31.2 Å². The number of furan rings is 4. The zero-order valence-electron chi connectivity index (χ0n) is 31.6. The summed E-state index contributed by atoms with van der Waals surface area (Å²) in [5.41, 5.74) is 8.25. The first kappa shape index (κ1) is 36.1. The van der Waals surface area contributed by atoms with Gasteiger partial charge in [-0.15, -0.1) is 0 Å². The number of amides is 2. The number of hydrogen-bond acceptors (Lipinski definition) is 10. The zero-order chi connectivity index (χ0) is 39.6. The number of carbonyl (C=O) groups excluding carboxylic acids is 2. The lowest BCUT2D eigenvalue weighted by Gasteiger charge is -2.12. The Morgan fingerprint density at radius 1 is 0.569 bits per heavy atom. The first-order chi connectivity index (χ1) is 28.4. The summed E-state index contributed by atoms with van der Waals surface area (Å²) in [4.78, 5) is 45.6. The van der Waals surface area contributed by atoms with E-state index in [9.17, 15) is 9.59 Å². The van der Waals surface area contributed by atoms with Crippen LogP contribution in [0.25, 0.3) is 79.0 Å². The van der Waals surface area contributed by atoms with Crippen molar-refractivity contribution in [2.45, 2.75) is 32.7 Å². The van der Waals surface area contributed by atoms with E-state index < -0.39 is 0 Å². The van der Waals surface area contributed by atoms with Crippen LogP contribution in [0.3, 0.4) is 0 Å². The highest BCUT2D eigenvalue weighted by atomic mass is 16.3. The van der Waals surface area contributed by atoms with E-state index in [-0.39, 0.29) is 17.9 Å². The molecule has 0 aliphatic rings. The molecule has 3 aromatic carbocycles. The Morgan fingerprint density at radius 3 is 1.67 bits per heavy atom. The molecule has 0 saturated heterocycles. The molecule has 6 heterocycles. The molecule has 6 aromatic heterocycles. The summed E-state index contributed by atoms with van der Waals surface area (Å²) in [6, 6.07) is 31.4. The molecular weight excluding hydrogens is 733 g/mol. The van der Waals surface area contributed by atoms with Crippen LogP contribution in [0.1, 0.15) is 46.5 Å². The van der Waals surface area contributed by atoms with Crippen molar-refractivity contribution < 1.29 is 27.3 Å². The minimum atomic E-state index is -0.219. The standard InChI is InChI=1S/C46H36N6O6/c1-3-27(2)48-46(54)31-14-16-34-36(24-31)52-43(39-12-7-21-57-39)44(50-34)40-25-32(26-58-40)29-9-4-8-28(22-29)17-18-47-45(53)30-13-15-33-35(23-30)51-42(38-11-6-20-56-38)41(49-33)37-10-5-19-55-37/h4-16,19-27H,3,17-18H2,1-2H3,(H,47,53)(H,48,54). The quantitative estimate of drug-likeness (QED) is 0.122.